The van der Waals surface area contributed by atoms with Crippen LogP contribution in [-0.4, -0.2) is 15.7 Å². The van der Waals surface area contributed by atoms with Crippen molar-refractivity contribution in [1.82, 2.24) is 15.3 Å². The van der Waals surface area contributed by atoms with E-state index in [4.69, 9.17) is 15.4 Å². The lowest BCUT2D eigenvalue weighted by molar-refractivity contribution is 1.09. The predicted octanol–water partition coefficient (Wildman–Crippen LogP) is 8.02. The molecule has 7 rings (SSSR count). The van der Waals surface area contributed by atoms with Crippen LogP contribution >= 0.6 is 0 Å². The summed E-state index contributed by atoms with van der Waals surface area (Å²) >= 11 is 0. The molecular weight excluding hydrogens is 476 g/mol. The van der Waals surface area contributed by atoms with Crippen LogP contribution < -0.4 is 5.32 Å². The quantitative estimate of drug-likeness (QED) is 0.247. The lowest BCUT2D eigenvalue weighted by Crippen LogP contribution is -2.18. The summed E-state index contributed by atoms with van der Waals surface area (Å²) in [5.74, 6) is 0. The van der Waals surface area contributed by atoms with E-state index in [1.807, 2.05) is 60.9 Å². The predicted molar refractivity (Wildman–Crippen MR) is 161 cm³/mol. The second-order valence-electron chi connectivity index (χ2n) is 9.56. The average molecular weight is 501 g/mol. The fraction of sp³-hybridized carbons (Fsp3) is 0. The van der Waals surface area contributed by atoms with Gasteiger partial charge in [0.25, 0.3) is 0 Å². The van der Waals surface area contributed by atoms with E-state index in [0.29, 0.717) is 5.71 Å². The van der Waals surface area contributed by atoms with Gasteiger partial charge in [0.05, 0.1) is 28.1 Å². The topological polar surface area (TPSA) is 61.7 Å². The van der Waals surface area contributed by atoms with Gasteiger partial charge in [0, 0.05) is 28.2 Å². The number of benzene rings is 3. The molecule has 2 aliphatic rings. The Labute approximate surface area is 226 Å². The van der Waals surface area contributed by atoms with E-state index in [1.54, 1.807) is 6.08 Å². The average Bonchev–Trinajstić information content (AvgIpc) is 3.01. The summed E-state index contributed by atoms with van der Waals surface area (Å²) in [6.07, 6.45) is 15.4. The number of pyridine rings is 2. The van der Waals surface area contributed by atoms with Crippen molar-refractivity contribution in [3.8, 4) is 22.3 Å². The molecule has 2 aromatic heterocycles. The lowest BCUT2D eigenvalue weighted by atomic mass is 9.95. The zero-order chi connectivity index (χ0) is 26.2. The monoisotopic (exact) mass is 500 g/mol. The molecule has 4 heteroatoms. The van der Waals surface area contributed by atoms with Gasteiger partial charge >= 0.3 is 0 Å². The van der Waals surface area contributed by atoms with E-state index in [1.165, 1.54) is 11.1 Å². The van der Waals surface area contributed by atoms with E-state index in [2.05, 4.69) is 72.0 Å². The number of nitrogens with zero attached hydrogens (tertiary/aromatic N) is 2. The first kappa shape index (κ1) is 22.8. The molecule has 2 N–H and O–H groups in total. The molecule has 4 nitrogen and oxygen atoms in total. The molecule has 0 saturated carbocycles. The minimum absolute atomic E-state index is 0.483. The molecular formula is C35H24N4. The van der Waals surface area contributed by atoms with Crippen molar-refractivity contribution in [2.45, 2.75) is 0 Å². The smallest absolute Gasteiger partial charge is 0.0973 e. The zero-order valence-electron chi connectivity index (χ0n) is 21.1. The molecule has 1 aliphatic carbocycles. The van der Waals surface area contributed by atoms with Crippen molar-refractivity contribution in [2.24, 2.45) is 0 Å². The molecule has 0 spiro atoms. The molecule has 0 bridgehead atoms. The largest absolute Gasteiger partial charge is 0.353 e. The van der Waals surface area contributed by atoms with Crippen LogP contribution in [0.25, 0.3) is 49.8 Å². The first-order chi connectivity index (χ1) is 19.2. The number of aromatic nitrogens is 2. The Bertz CT molecular complexity index is 1920. The summed E-state index contributed by atoms with van der Waals surface area (Å²) in [5, 5.41) is 13.9. The molecule has 3 heterocycles. The summed E-state index contributed by atoms with van der Waals surface area (Å²) < 4.78 is 0. The Hall–Kier alpha value is -5.35. The molecule has 39 heavy (non-hydrogen) atoms. The number of nitrogens with one attached hydrogen (secondary N) is 2. The number of hydrogen-bond donors (Lipinski definition) is 2. The summed E-state index contributed by atoms with van der Waals surface area (Å²) in [6.45, 7) is 0. The van der Waals surface area contributed by atoms with Crippen molar-refractivity contribution in [1.29, 1.82) is 5.41 Å². The standard InChI is InChI=1S/C35H24N4/c36-30-12-5-4-10-28(30)31-13-6-14-32(38-31)33-20-19-26-22-29(27-11-7-21-37-35(27)34(26)39-33)25-17-15-24(16-18-25)23-8-2-1-3-9-23/h1-22,36,38H/b31-28-,36-30?. The molecule has 5 aromatic rings. The van der Waals surface area contributed by atoms with Crippen LogP contribution in [0.15, 0.2) is 145 Å². The first-order valence-corrected chi connectivity index (χ1v) is 12.9. The normalized spacial score (nSPS) is 16.5. The van der Waals surface area contributed by atoms with Crippen LogP contribution in [0.1, 0.15) is 5.69 Å². The van der Waals surface area contributed by atoms with E-state index in [9.17, 15) is 0 Å². The van der Waals surface area contributed by atoms with E-state index < -0.39 is 0 Å². The second-order valence-corrected chi connectivity index (χ2v) is 9.56. The molecule has 0 radical (unpaired) electrons. The SMILES string of the molecule is N=C1C=CC=C/C1=C1\C=CC=C(c2ccc3cc(-c4ccc(-c5ccccc5)cc4)c4cccnc4c3n2)N1. The van der Waals surface area contributed by atoms with Crippen LogP contribution in [0.2, 0.25) is 0 Å². The summed E-state index contributed by atoms with van der Waals surface area (Å²) in [6, 6.07) is 29.6. The highest BCUT2D eigenvalue weighted by molar-refractivity contribution is 6.11. The van der Waals surface area contributed by atoms with Crippen molar-refractivity contribution in [3.05, 3.63) is 151 Å². The van der Waals surface area contributed by atoms with Gasteiger partial charge < -0.3 is 10.7 Å². The zero-order valence-corrected chi connectivity index (χ0v) is 21.1. The highest BCUT2D eigenvalue weighted by Gasteiger charge is 2.16. The fourth-order valence-electron chi connectivity index (χ4n) is 5.18. The van der Waals surface area contributed by atoms with Gasteiger partial charge in [-0.15, -0.1) is 0 Å². The van der Waals surface area contributed by atoms with Gasteiger partial charge in [0.15, 0.2) is 0 Å². The number of dihydropyridines is 1. The van der Waals surface area contributed by atoms with Gasteiger partial charge in [-0.3, -0.25) is 4.98 Å². The Kier molecular flexibility index (Phi) is 5.56. The number of fused-ring (bicyclic) bond motifs is 3. The van der Waals surface area contributed by atoms with Crippen molar-refractivity contribution in [3.63, 3.8) is 0 Å². The van der Waals surface area contributed by atoms with Gasteiger partial charge in [0.2, 0.25) is 0 Å². The maximum Gasteiger partial charge on any atom is 0.0973 e. The third kappa shape index (κ3) is 4.18. The Morgan fingerprint density at radius 1 is 0.667 bits per heavy atom. The minimum Gasteiger partial charge on any atom is -0.353 e. The van der Waals surface area contributed by atoms with Crippen molar-refractivity contribution in [2.75, 3.05) is 0 Å². The van der Waals surface area contributed by atoms with E-state index in [0.717, 1.165) is 55.6 Å². The third-order valence-electron chi connectivity index (χ3n) is 7.14. The van der Waals surface area contributed by atoms with E-state index in [-0.39, 0.29) is 0 Å². The number of rotatable bonds is 3. The number of allylic oxidation sites excluding steroid dienone is 8. The van der Waals surface area contributed by atoms with Gasteiger partial charge in [-0.25, -0.2) is 4.98 Å². The van der Waals surface area contributed by atoms with Crippen LogP contribution in [0.5, 0.6) is 0 Å². The Balaban J connectivity index is 1.30. The summed E-state index contributed by atoms with van der Waals surface area (Å²) in [4.78, 5) is 9.85. The van der Waals surface area contributed by atoms with Crippen molar-refractivity contribution >= 4 is 33.2 Å². The number of hydrogen-bond acceptors (Lipinski definition) is 4. The second kappa shape index (κ2) is 9.51. The molecule has 3 aromatic carbocycles. The lowest BCUT2D eigenvalue weighted by Gasteiger charge is -2.19. The summed E-state index contributed by atoms with van der Waals surface area (Å²) in [5.41, 5.74) is 10.4. The fourth-order valence-corrected chi connectivity index (χ4v) is 5.18. The maximum atomic E-state index is 8.28. The molecule has 0 unspecified atom stereocenters. The van der Waals surface area contributed by atoms with Gasteiger partial charge in [-0.2, -0.15) is 0 Å². The van der Waals surface area contributed by atoms with Crippen LogP contribution in [0.3, 0.4) is 0 Å². The molecule has 1 aliphatic heterocycles. The molecule has 184 valence electrons. The van der Waals surface area contributed by atoms with Crippen LogP contribution in [-0.2, 0) is 0 Å². The van der Waals surface area contributed by atoms with Crippen LogP contribution in [0, 0.1) is 5.41 Å². The molecule has 0 atom stereocenters. The summed E-state index contributed by atoms with van der Waals surface area (Å²) in [7, 11) is 0. The first-order valence-electron chi connectivity index (χ1n) is 12.9. The van der Waals surface area contributed by atoms with Crippen molar-refractivity contribution < 1.29 is 0 Å². The molecule has 0 fully saturated rings. The third-order valence-corrected chi connectivity index (χ3v) is 7.14. The van der Waals surface area contributed by atoms with Gasteiger partial charge in [0.1, 0.15) is 0 Å². The van der Waals surface area contributed by atoms with E-state index >= 15 is 0 Å². The Morgan fingerprint density at radius 2 is 1.46 bits per heavy atom. The Morgan fingerprint density at radius 3 is 2.31 bits per heavy atom. The highest BCUT2D eigenvalue weighted by Crippen LogP contribution is 2.35. The molecule has 0 amide bonds. The maximum absolute atomic E-state index is 8.28. The van der Waals surface area contributed by atoms with Gasteiger partial charge in [-0.1, -0.05) is 91.0 Å². The highest BCUT2D eigenvalue weighted by atomic mass is 14.9. The molecule has 0 saturated heterocycles. The van der Waals surface area contributed by atoms with Crippen LogP contribution in [0.4, 0.5) is 0 Å². The minimum atomic E-state index is 0.483. The van der Waals surface area contributed by atoms with Gasteiger partial charge in [-0.05, 0) is 58.7 Å².